The van der Waals surface area contributed by atoms with Gasteiger partial charge in [0.25, 0.3) is 0 Å². The van der Waals surface area contributed by atoms with Crippen molar-refractivity contribution in [1.29, 1.82) is 0 Å². The number of pyridine rings is 1. The molecule has 0 saturated carbocycles. The summed E-state index contributed by atoms with van der Waals surface area (Å²) >= 11 is 12.0. The lowest BCUT2D eigenvalue weighted by molar-refractivity contribution is 0.460. The van der Waals surface area contributed by atoms with Gasteiger partial charge in [-0.3, -0.25) is 0 Å². The lowest BCUT2D eigenvalue weighted by Crippen LogP contribution is -2.14. The molecule has 20 heavy (non-hydrogen) atoms. The van der Waals surface area contributed by atoms with Crippen molar-refractivity contribution in [3.8, 4) is 11.6 Å². The molecule has 0 amide bonds. The first kappa shape index (κ1) is 15.1. The molecule has 0 aliphatic rings. The predicted molar refractivity (Wildman–Crippen MR) is 82.8 cm³/mol. The van der Waals surface area contributed by atoms with Crippen LogP contribution in [0.5, 0.6) is 11.6 Å². The molecule has 1 N–H and O–H groups in total. The monoisotopic (exact) mass is 310 g/mol. The maximum atomic E-state index is 6.09. The van der Waals surface area contributed by atoms with Gasteiger partial charge >= 0.3 is 0 Å². The highest BCUT2D eigenvalue weighted by Crippen LogP contribution is 2.33. The zero-order valence-corrected chi connectivity index (χ0v) is 12.7. The van der Waals surface area contributed by atoms with Crippen molar-refractivity contribution in [3.05, 3.63) is 52.1 Å². The maximum Gasteiger partial charge on any atom is 0.219 e. The van der Waals surface area contributed by atoms with Crippen LogP contribution in [0.15, 0.2) is 36.4 Å². The number of hydrogen-bond donors (Lipinski definition) is 1. The first-order chi connectivity index (χ1) is 9.70. The number of halogens is 2. The van der Waals surface area contributed by atoms with Crippen LogP contribution in [0, 0.1) is 0 Å². The van der Waals surface area contributed by atoms with Gasteiger partial charge in [-0.2, -0.15) is 0 Å². The van der Waals surface area contributed by atoms with E-state index in [9.17, 15) is 0 Å². The van der Waals surface area contributed by atoms with Gasteiger partial charge < -0.3 is 10.1 Å². The fourth-order valence-corrected chi connectivity index (χ4v) is 2.01. The van der Waals surface area contributed by atoms with Gasteiger partial charge in [-0.15, -0.1) is 0 Å². The van der Waals surface area contributed by atoms with Crippen LogP contribution in [0.4, 0.5) is 0 Å². The Morgan fingerprint density at radius 1 is 1.15 bits per heavy atom. The summed E-state index contributed by atoms with van der Waals surface area (Å²) in [4.78, 5) is 4.42. The van der Waals surface area contributed by atoms with E-state index in [-0.39, 0.29) is 0 Å². The molecule has 1 heterocycles. The molecule has 0 radical (unpaired) electrons. The summed E-state index contributed by atoms with van der Waals surface area (Å²) < 4.78 is 5.68. The Bertz CT molecular complexity index is 576. The Labute approximate surface area is 128 Å². The maximum absolute atomic E-state index is 6.09. The van der Waals surface area contributed by atoms with Gasteiger partial charge in [0.15, 0.2) is 0 Å². The SMILES string of the molecule is CCCNCc1cccc(Oc2cccc(Cl)c2Cl)n1. The number of hydrogen-bond acceptors (Lipinski definition) is 3. The van der Waals surface area contributed by atoms with E-state index in [0.717, 1.165) is 18.7 Å². The minimum absolute atomic E-state index is 0.394. The van der Waals surface area contributed by atoms with Gasteiger partial charge in [0, 0.05) is 12.6 Å². The van der Waals surface area contributed by atoms with Crippen LogP contribution in [-0.2, 0) is 6.54 Å². The second-order valence-electron chi connectivity index (χ2n) is 4.30. The zero-order valence-electron chi connectivity index (χ0n) is 11.2. The van der Waals surface area contributed by atoms with Crippen molar-refractivity contribution in [1.82, 2.24) is 10.3 Å². The third-order valence-corrected chi connectivity index (χ3v) is 3.45. The van der Waals surface area contributed by atoms with Gasteiger partial charge in [0.1, 0.15) is 10.8 Å². The molecule has 0 aliphatic carbocycles. The molecule has 3 nitrogen and oxygen atoms in total. The van der Waals surface area contributed by atoms with E-state index in [1.54, 1.807) is 24.3 Å². The van der Waals surface area contributed by atoms with Crippen LogP contribution >= 0.6 is 23.2 Å². The summed E-state index contributed by atoms with van der Waals surface area (Å²) in [5.41, 5.74) is 0.925. The smallest absolute Gasteiger partial charge is 0.219 e. The third kappa shape index (κ3) is 4.10. The Balaban J connectivity index is 2.09. The van der Waals surface area contributed by atoms with E-state index in [1.807, 2.05) is 12.1 Å². The predicted octanol–water partition coefficient (Wildman–Crippen LogP) is 4.68. The molecule has 0 bridgehead atoms. The molecule has 0 saturated heterocycles. The van der Waals surface area contributed by atoms with E-state index in [0.29, 0.717) is 28.2 Å². The van der Waals surface area contributed by atoms with E-state index >= 15 is 0 Å². The lowest BCUT2D eigenvalue weighted by Gasteiger charge is -2.09. The number of nitrogens with zero attached hydrogens (tertiary/aromatic N) is 1. The number of benzene rings is 1. The van der Waals surface area contributed by atoms with Crippen molar-refractivity contribution in [2.24, 2.45) is 0 Å². The van der Waals surface area contributed by atoms with Gasteiger partial charge in [-0.25, -0.2) is 4.98 Å². The largest absolute Gasteiger partial charge is 0.437 e. The Morgan fingerprint density at radius 2 is 1.95 bits per heavy atom. The van der Waals surface area contributed by atoms with Crippen molar-refractivity contribution in [2.75, 3.05) is 6.54 Å². The average molecular weight is 311 g/mol. The van der Waals surface area contributed by atoms with Gasteiger partial charge in [-0.1, -0.05) is 42.3 Å². The minimum Gasteiger partial charge on any atom is -0.437 e. The second-order valence-corrected chi connectivity index (χ2v) is 5.08. The van der Waals surface area contributed by atoms with Crippen LogP contribution < -0.4 is 10.1 Å². The Hall–Kier alpha value is -1.29. The zero-order chi connectivity index (χ0) is 14.4. The Morgan fingerprint density at radius 3 is 2.75 bits per heavy atom. The third-order valence-electron chi connectivity index (χ3n) is 2.64. The van der Waals surface area contributed by atoms with Crippen molar-refractivity contribution >= 4 is 23.2 Å². The molecule has 1 aromatic carbocycles. The first-order valence-electron chi connectivity index (χ1n) is 6.49. The molecule has 0 fully saturated rings. The highest BCUT2D eigenvalue weighted by Gasteiger charge is 2.07. The first-order valence-corrected chi connectivity index (χ1v) is 7.25. The van der Waals surface area contributed by atoms with Crippen LogP contribution in [0.2, 0.25) is 10.0 Å². The van der Waals surface area contributed by atoms with Gasteiger partial charge in [-0.05, 0) is 31.2 Å². The molecule has 1 aromatic heterocycles. The molecule has 106 valence electrons. The van der Waals surface area contributed by atoms with Crippen LogP contribution in [0.25, 0.3) is 0 Å². The molecule has 5 heteroatoms. The molecule has 2 aromatic rings. The molecular weight excluding hydrogens is 295 g/mol. The standard InChI is InChI=1S/C15H16Cl2N2O/c1-2-9-18-10-11-5-3-8-14(19-11)20-13-7-4-6-12(16)15(13)17/h3-8,18H,2,9-10H2,1H3. The summed E-state index contributed by atoms with van der Waals surface area (Å²) in [6.07, 6.45) is 1.09. The van der Waals surface area contributed by atoms with Gasteiger partial charge in [0.05, 0.1) is 10.7 Å². The van der Waals surface area contributed by atoms with Gasteiger partial charge in [0.2, 0.25) is 5.88 Å². The molecule has 0 spiro atoms. The second kappa shape index (κ2) is 7.48. The fourth-order valence-electron chi connectivity index (χ4n) is 1.68. The molecule has 2 rings (SSSR count). The van der Waals surface area contributed by atoms with E-state index < -0.39 is 0 Å². The van der Waals surface area contributed by atoms with E-state index in [4.69, 9.17) is 27.9 Å². The van der Waals surface area contributed by atoms with E-state index in [1.165, 1.54) is 0 Å². The van der Waals surface area contributed by atoms with Crippen molar-refractivity contribution in [2.45, 2.75) is 19.9 Å². The lowest BCUT2D eigenvalue weighted by atomic mass is 10.3. The summed E-state index contributed by atoms with van der Waals surface area (Å²) in [6.45, 7) is 3.81. The normalized spacial score (nSPS) is 10.6. The van der Waals surface area contributed by atoms with Crippen molar-refractivity contribution in [3.63, 3.8) is 0 Å². The molecule has 0 aliphatic heterocycles. The molecule has 0 atom stereocenters. The summed E-state index contributed by atoms with van der Waals surface area (Å²) in [7, 11) is 0. The Kier molecular flexibility index (Phi) is 5.65. The highest BCUT2D eigenvalue weighted by atomic mass is 35.5. The van der Waals surface area contributed by atoms with E-state index in [2.05, 4.69) is 17.2 Å². The average Bonchev–Trinajstić information content (AvgIpc) is 2.45. The number of aromatic nitrogens is 1. The topological polar surface area (TPSA) is 34.1 Å². The number of ether oxygens (including phenoxy) is 1. The fraction of sp³-hybridized carbons (Fsp3) is 0.267. The number of nitrogens with one attached hydrogen (secondary N) is 1. The summed E-state index contributed by atoms with van der Waals surface area (Å²) in [6, 6.07) is 10.9. The summed E-state index contributed by atoms with van der Waals surface area (Å²) in [5.74, 6) is 1.01. The highest BCUT2D eigenvalue weighted by molar-refractivity contribution is 6.42. The summed E-state index contributed by atoms with van der Waals surface area (Å²) in [5, 5.41) is 4.15. The number of rotatable bonds is 6. The van der Waals surface area contributed by atoms with Crippen LogP contribution in [-0.4, -0.2) is 11.5 Å². The van der Waals surface area contributed by atoms with Crippen LogP contribution in [0.1, 0.15) is 19.0 Å². The minimum atomic E-state index is 0.394. The molecule has 0 unspecified atom stereocenters. The molecular formula is C15H16Cl2N2O. The quantitative estimate of drug-likeness (QED) is 0.787. The van der Waals surface area contributed by atoms with Crippen molar-refractivity contribution < 1.29 is 4.74 Å². The van der Waals surface area contributed by atoms with Crippen LogP contribution in [0.3, 0.4) is 0 Å².